The van der Waals surface area contributed by atoms with Gasteiger partial charge in [-0.05, 0) is 63.4 Å². The molecule has 2 aliphatic heterocycles. The summed E-state index contributed by atoms with van der Waals surface area (Å²) in [6.07, 6.45) is 4.37. The van der Waals surface area contributed by atoms with Crippen LogP contribution in [0.5, 0.6) is 0 Å². The molecule has 1 aromatic carbocycles. The summed E-state index contributed by atoms with van der Waals surface area (Å²) in [4.78, 5) is 7.17. The Morgan fingerprint density at radius 2 is 1.94 bits per heavy atom. The molecule has 3 aromatic heterocycles. The van der Waals surface area contributed by atoms with Crippen LogP contribution in [0.25, 0.3) is 21.9 Å². The first-order valence-corrected chi connectivity index (χ1v) is 11.3. The maximum absolute atomic E-state index is 5.05. The highest BCUT2D eigenvalue weighted by Crippen LogP contribution is 2.35. The largest absolute Gasteiger partial charge is 0.363 e. The van der Waals surface area contributed by atoms with Gasteiger partial charge in [-0.2, -0.15) is 10.2 Å². The van der Waals surface area contributed by atoms with Crippen LogP contribution in [0.15, 0.2) is 30.5 Å². The van der Waals surface area contributed by atoms with E-state index in [1.807, 2.05) is 17.9 Å². The Morgan fingerprint density at radius 1 is 1.10 bits per heavy atom. The molecule has 7 nitrogen and oxygen atoms in total. The molecule has 7 heteroatoms. The molecule has 6 rings (SSSR count). The first kappa shape index (κ1) is 18.8. The lowest BCUT2D eigenvalue weighted by molar-refractivity contribution is 0.430. The second kappa shape index (κ2) is 7.05. The van der Waals surface area contributed by atoms with Gasteiger partial charge in [0.15, 0.2) is 5.65 Å². The van der Waals surface area contributed by atoms with E-state index in [0.717, 1.165) is 48.4 Å². The first-order valence-electron chi connectivity index (χ1n) is 11.3. The van der Waals surface area contributed by atoms with Crippen LogP contribution >= 0.6 is 0 Å². The van der Waals surface area contributed by atoms with E-state index < -0.39 is 0 Å². The zero-order valence-electron chi connectivity index (χ0n) is 18.5. The van der Waals surface area contributed by atoms with Crippen LogP contribution in [0.2, 0.25) is 0 Å². The highest BCUT2D eigenvalue weighted by molar-refractivity contribution is 5.90. The second-order valence-electron chi connectivity index (χ2n) is 9.21. The Kier molecular flexibility index (Phi) is 4.28. The fraction of sp³-hybridized carbons (Fsp3) is 0.458. The predicted octanol–water partition coefficient (Wildman–Crippen LogP) is 3.67. The average molecular weight is 416 g/mol. The first-order chi connectivity index (χ1) is 15.1. The number of hydrogen-bond acceptors (Lipinski definition) is 5. The zero-order valence-corrected chi connectivity index (χ0v) is 18.5. The van der Waals surface area contributed by atoms with Crippen LogP contribution in [0.4, 0.5) is 5.69 Å². The van der Waals surface area contributed by atoms with E-state index in [1.165, 1.54) is 35.2 Å². The highest BCUT2D eigenvalue weighted by Gasteiger charge is 2.28. The minimum Gasteiger partial charge on any atom is -0.363 e. The lowest BCUT2D eigenvalue weighted by atomic mass is 9.89. The summed E-state index contributed by atoms with van der Waals surface area (Å²) in [5.74, 6) is 0.650. The number of aryl methyl sites for hydroxylation is 2. The fourth-order valence-corrected chi connectivity index (χ4v) is 5.41. The number of pyridine rings is 1. The van der Waals surface area contributed by atoms with E-state index >= 15 is 0 Å². The minimum atomic E-state index is 0.304. The van der Waals surface area contributed by atoms with Gasteiger partial charge in [-0.1, -0.05) is 12.1 Å². The summed E-state index contributed by atoms with van der Waals surface area (Å²) < 4.78 is 4.11. The number of hydrogen-bond donors (Lipinski definition) is 1. The monoisotopic (exact) mass is 415 g/mol. The number of nitrogens with one attached hydrogen (secondary N) is 1. The Hall–Kier alpha value is -2.93. The Morgan fingerprint density at radius 3 is 2.77 bits per heavy atom. The third-order valence-corrected chi connectivity index (χ3v) is 7.03. The van der Waals surface area contributed by atoms with Crippen molar-refractivity contribution < 1.29 is 0 Å². The lowest BCUT2D eigenvalue weighted by Gasteiger charge is -2.34. The highest BCUT2D eigenvalue weighted by atomic mass is 15.4. The van der Waals surface area contributed by atoms with Gasteiger partial charge in [-0.15, -0.1) is 0 Å². The van der Waals surface area contributed by atoms with Crippen molar-refractivity contribution in [3.8, 4) is 0 Å². The van der Waals surface area contributed by atoms with Crippen LogP contribution in [0, 0.1) is 6.92 Å². The van der Waals surface area contributed by atoms with E-state index in [9.17, 15) is 0 Å². The number of aromatic nitrogens is 5. The van der Waals surface area contributed by atoms with Gasteiger partial charge in [-0.25, -0.2) is 4.98 Å². The minimum absolute atomic E-state index is 0.304. The molecular formula is C24H29N7. The Bertz CT molecular complexity index is 1280. The van der Waals surface area contributed by atoms with Crippen molar-refractivity contribution >= 4 is 27.6 Å². The molecule has 0 unspecified atom stereocenters. The Labute approximate surface area is 182 Å². The summed E-state index contributed by atoms with van der Waals surface area (Å²) in [7, 11) is 1.96. The number of rotatable bonds is 2. The van der Waals surface area contributed by atoms with Crippen LogP contribution in [0.3, 0.4) is 0 Å². The molecule has 1 atom stereocenters. The molecule has 2 aliphatic rings. The molecule has 0 aliphatic carbocycles. The van der Waals surface area contributed by atoms with Crippen molar-refractivity contribution in [2.24, 2.45) is 7.05 Å². The van der Waals surface area contributed by atoms with Crippen LogP contribution in [-0.2, 0) is 13.6 Å². The number of fused-ring (bicyclic) bond motifs is 4. The van der Waals surface area contributed by atoms with Crippen molar-refractivity contribution in [2.75, 3.05) is 24.5 Å². The van der Waals surface area contributed by atoms with Crippen molar-refractivity contribution in [3.63, 3.8) is 0 Å². The van der Waals surface area contributed by atoms with Gasteiger partial charge in [0.25, 0.3) is 0 Å². The number of anilines is 1. The maximum atomic E-state index is 5.05. The third kappa shape index (κ3) is 3.02. The summed E-state index contributed by atoms with van der Waals surface area (Å²) >= 11 is 0. The third-order valence-electron chi connectivity index (χ3n) is 7.03. The van der Waals surface area contributed by atoms with Crippen molar-refractivity contribution in [2.45, 2.75) is 45.2 Å². The molecule has 0 amide bonds. The summed E-state index contributed by atoms with van der Waals surface area (Å²) in [5.41, 5.74) is 7.06. The van der Waals surface area contributed by atoms with Gasteiger partial charge in [0.2, 0.25) is 0 Å². The average Bonchev–Trinajstić information content (AvgIpc) is 3.34. The van der Waals surface area contributed by atoms with Gasteiger partial charge in [-0.3, -0.25) is 9.36 Å². The quantitative estimate of drug-likeness (QED) is 0.541. The van der Waals surface area contributed by atoms with Crippen LogP contribution in [0.1, 0.15) is 48.7 Å². The molecule has 160 valence electrons. The van der Waals surface area contributed by atoms with E-state index in [-0.39, 0.29) is 0 Å². The normalized spacial score (nSPS) is 20.0. The van der Waals surface area contributed by atoms with Crippen LogP contribution < -0.4 is 10.2 Å². The van der Waals surface area contributed by atoms with Crippen molar-refractivity contribution in [1.82, 2.24) is 29.9 Å². The molecule has 1 saturated heterocycles. The molecule has 0 spiro atoms. The van der Waals surface area contributed by atoms with Crippen molar-refractivity contribution in [3.05, 3.63) is 47.4 Å². The SMILES string of the molecule is Cc1cc(N2Cc3c4ccc(C5CCNCC5)cc4nn3[C@H](C)C2)c2cnn(C)c2n1. The summed E-state index contributed by atoms with van der Waals surface area (Å²) in [6, 6.07) is 9.47. The van der Waals surface area contributed by atoms with Gasteiger partial charge in [0.05, 0.1) is 41.1 Å². The van der Waals surface area contributed by atoms with Gasteiger partial charge >= 0.3 is 0 Å². The fourth-order valence-electron chi connectivity index (χ4n) is 5.41. The molecular weight excluding hydrogens is 386 g/mol. The second-order valence-corrected chi connectivity index (χ2v) is 9.21. The van der Waals surface area contributed by atoms with E-state index in [2.05, 4.69) is 58.1 Å². The lowest BCUT2D eigenvalue weighted by Crippen LogP contribution is -2.36. The summed E-state index contributed by atoms with van der Waals surface area (Å²) in [5, 5.41) is 15.4. The molecule has 1 N–H and O–H groups in total. The smallest absolute Gasteiger partial charge is 0.159 e. The van der Waals surface area contributed by atoms with E-state index in [0.29, 0.717) is 12.0 Å². The maximum Gasteiger partial charge on any atom is 0.159 e. The standard InChI is InChI=1S/C24H29N7/c1-15-10-22(20-12-26-29(3)24(20)27-15)30-13-16(2)31-23(14-30)19-5-4-18(11-21(19)28-31)17-6-8-25-9-7-17/h4-5,10-12,16-17,25H,6-9,13-14H2,1-3H3/t16-/m1/s1. The molecule has 4 aromatic rings. The van der Waals surface area contributed by atoms with Crippen molar-refractivity contribution in [1.29, 1.82) is 0 Å². The Balaban J connectivity index is 1.41. The van der Waals surface area contributed by atoms with Gasteiger partial charge in [0.1, 0.15) is 0 Å². The zero-order chi connectivity index (χ0) is 21.1. The van der Waals surface area contributed by atoms with E-state index in [4.69, 9.17) is 10.1 Å². The topological polar surface area (TPSA) is 63.8 Å². The summed E-state index contributed by atoms with van der Waals surface area (Å²) in [6.45, 7) is 8.33. The van der Waals surface area contributed by atoms with E-state index in [1.54, 1.807) is 0 Å². The molecule has 31 heavy (non-hydrogen) atoms. The molecule has 1 fully saturated rings. The van der Waals surface area contributed by atoms with Gasteiger partial charge in [0, 0.05) is 24.7 Å². The number of piperidine rings is 1. The molecule has 5 heterocycles. The van der Waals surface area contributed by atoms with Crippen LogP contribution in [-0.4, -0.2) is 44.2 Å². The molecule has 0 saturated carbocycles. The van der Waals surface area contributed by atoms with Gasteiger partial charge < -0.3 is 10.2 Å². The molecule has 0 radical (unpaired) electrons. The molecule has 0 bridgehead atoms. The predicted molar refractivity (Wildman–Crippen MR) is 124 cm³/mol. The number of benzene rings is 1. The number of nitrogens with zero attached hydrogens (tertiary/aromatic N) is 6.